The van der Waals surface area contributed by atoms with E-state index < -0.39 is 0 Å². The second-order valence-corrected chi connectivity index (χ2v) is 3.19. The fourth-order valence-corrected chi connectivity index (χ4v) is 1.00. The monoisotopic (exact) mass is 197 g/mol. The Balaban J connectivity index is 3.70. The van der Waals surface area contributed by atoms with Gasteiger partial charge < -0.3 is 10.6 Å². The lowest BCUT2D eigenvalue weighted by Gasteiger charge is -2.10. The van der Waals surface area contributed by atoms with Gasteiger partial charge in [0.15, 0.2) is 0 Å². The summed E-state index contributed by atoms with van der Waals surface area (Å²) in [5, 5.41) is 14.5. The predicted octanol–water partition coefficient (Wildman–Crippen LogP) is 0.794. The third-order valence-corrected chi connectivity index (χ3v) is 1.76. The number of hydrogen-bond donors (Lipinski definition) is 2. The molecule has 1 amide bonds. The van der Waals surface area contributed by atoms with Gasteiger partial charge in [0, 0.05) is 6.54 Å². The lowest BCUT2D eigenvalue weighted by atomic mass is 10.2. The van der Waals surface area contributed by atoms with Crippen LogP contribution in [0.1, 0.15) is 33.1 Å². The first kappa shape index (κ1) is 12.9. The van der Waals surface area contributed by atoms with E-state index in [0.29, 0.717) is 6.54 Å². The molecule has 0 aromatic carbocycles. The van der Waals surface area contributed by atoms with Gasteiger partial charge in [0.1, 0.15) is 6.04 Å². The van der Waals surface area contributed by atoms with Crippen LogP contribution >= 0.6 is 0 Å². The van der Waals surface area contributed by atoms with Crippen molar-refractivity contribution in [3.8, 4) is 6.07 Å². The van der Waals surface area contributed by atoms with Crippen LogP contribution in [0, 0.1) is 11.3 Å². The molecule has 0 spiro atoms. The highest BCUT2D eigenvalue weighted by Gasteiger charge is 2.10. The highest BCUT2D eigenvalue weighted by atomic mass is 16.1. The molecule has 0 aliphatic rings. The number of hydrogen-bond acceptors (Lipinski definition) is 3. The molecule has 0 saturated carbocycles. The average molecular weight is 197 g/mol. The molecular weight excluding hydrogens is 178 g/mol. The number of nitrogens with zero attached hydrogens (tertiary/aromatic N) is 1. The number of rotatable bonds is 7. The topological polar surface area (TPSA) is 64.9 Å². The highest BCUT2D eigenvalue weighted by molar-refractivity contribution is 5.76. The molecule has 1 atom stereocenters. The Morgan fingerprint density at radius 2 is 2.00 bits per heavy atom. The van der Waals surface area contributed by atoms with E-state index in [1.165, 1.54) is 0 Å². The quantitative estimate of drug-likeness (QED) is 0.634. The molecule has 14 heavy (non-hydrogen) atoms. The lowest BCUT2D eigenvalue weighted by molar-refractivity contribution is -0.121. The van der Waals surface area contributed by atoms with Gasteiger partial charge in [0.25, 0.3) is 0 Å². The van der Waals surface area contributed by atoms with Crippen LogP contribution in [0.3, 0.4) is 0 Å². The number of nitrogens with one attached hydrogen (secondary N) is 2. The van der Waals surface area contributed by atoms with Crippen molar-refractivity contribution < 1.29 is 4.79 Å². The zero-order valence-electron chi connectivity index (χ0n) is 8.97. The number of carbonyl (C=O) groups is 1. The van der Waals surface area contributed by atoms with Gasteiger partial charge in [0.05, 0.1) is 12.5 Å². The van der Waals surface area contributed by atoms with Crippen LogP contribution in [0.4, 0.5) is 0 Å². The van der Waals surface area contributed by atoms with Crippen LogP contribution in [0.15, 0.2) is 0 Å². The minimum absolute atomic E-state index is 0.0537. The van der Waals surface area contributed by atoms with Gasteiger partial charge in [-0.3, -0.25) is 4.79 Å². The van der Waals surface area contributed by atoms with Crippen molar-refractivity contribution in [2.45, 2.75) is 39.2 Å². The molecule has 80 valence electrons. The predicted molar refractivity (Wildman–Crippen MR) is 55.6 cm³/mol. The summed E-state index contributed by atoms with van der Waals surface area (Å²) in [6.45, 7) is 5.49. The normalized spacial score (nSPS) is 11.8. The molecule has 0 aliphatic heterocycles. The van der Waals surface area contributed by atoms with E-state index in [1.54, 1.807) is 0 Å². The summed E-state index contributed by atoms with van der Waals surface area (Å²) >= 11 is 0. The molecule has 0 fully saturated rings. The lowest BCUT2D eigenvalue weighted by Crippen LogP contribution is -2.35. The summed E-state index contributed by atoms with van der Waals surface area (Å²) in [5.41, 5.74) is 0. The fraction of sp³-hybridized carbons (Fsp3) is 0.800. The maximum atomic E-state index is 11.2. The first-order valence-electron chi connectivity index (χ1n) is 5.14. The third-order valence-electron chi connectivity index (χ3n) is 1.76. The molecule has 0 aromatic heterocycles. The van der Waals surface area contributed by atoms with Gasteiger partial charge in [-0.25, -0.2) is 0 Å². The average Bonchev–Trinajstić information content (AvgIpc) is 2.21. The van der Waals surface area contributed by atoms with Crippen molar-refractivity contribution in [3.63, 3.8) is 0 Å². The SMILES string of the molecule is CCCNC(=O)CC(C#N)NCCC. The van der Waals surface area contributed by atoms with Crippen LogP contribution in [0.25, 0.3) is 0 Å². The van der Waals surface area contributed by atoms with E-state index in [4.69, 9.17) is 5.26 Å². The molecule has 0 heterocycles. The third kappa shape index (κ3) is 6.44. The number of nitriles is 1. The van der Waals surface area contributed by atoms with E-state index in [-0.39, 0.29) is 18.4 Å². The van der Waals surface area contributed by atoms with E-state index in [2.05, 4.69) is 16.7 Å². The molecule has 0 saturated heterocycles. The Bertz CT molecular complexity index is 198. The number of carbonyl (C=O) groups excluding carboxylic acids is 1. The van der Waals surface area contributed by atoms with E-state index >= 15 is 0 Å². The summed E-state index contributed by atoms with van der Waals surface area (Å²) in [7, 11) is 0. The van der Waals surface area contributed by atoms with Crippen molar-refractivity contribution in [3.05, 3.63) is 0 Å². The maximum absolute atomic E-state index is 11.2. The molecule has 0 radical (unpaired) electrons. The van der Waals surface area contributed by atoms with Crippen LogP contribution in [-0.4, -0.2) is 25.0 Å². The Labute approximate surface area is 85.7 Å². The van der Waals surface area contributed by atoms with Gasteiger partial charge in [0.2, 0.25) is 5.91 Å². The molecule has 0 bridgehead atoms. The highest BCUT2D eigenvalue weighted by Crippen LogP contribution is 1.91. The number of amides is 1. The zero-order valence-corrected chi connectivity index (χ0v) is 8.97. The molecule has 0 rings (SSSR count). The minimum atomic E-state index is -0.355. The summed E-state index contributed by atoms with van der Waals surface area (Å²) in [6, 6.07) is 1.72. The van der Waals surface area contributed by atoms with E-state index in [9.17, 15) is 4.79 Å². The van der Waals surface area contributed by atoms with Gasteiger partial charge in [-0.2, -0.15) is 5.26 Å². The smallest absolute Gasteiger partial charge is 0.222 e. The molecule has 0 aliphatic carbocycles. The van der Waals surface area contributed by atoms with Crippen molar-refractivity contribution in [1.82, 2.24) is 10.6 Å². The van der Waals surface area contributed by atoms with Gasteiger partial charge in [-0.05, 0) is 19.4 Å². The van der Waals surface area contributed by atoms with Crippen LogP contribution in [0.5, 0.6) is 0 Å². The van der Waals surface area contributed by atoms with Gasteiger partial charge in [-0.15, -0.1) is 0 Å². The summed E-state index contributed by atoms with van der Waals surface area (Å²) < 4.78 is 0. The standard InChI is InChI=1S/C10H19N3O/c1-3-5-12-9(8-11)7-10(14)13-6-4-2/h9,12H,3-7H2,1-2H3,(H,13,14). The van der Waals surface area contributed by atoms with Crippen LogP contribution in [0.2, 0.25) is 0 Å². The Morgan fingerprint density at radius 3 is 2.50 bits per heavy atom. The summed E-state index contributed by atoms with van der Waals surface area (Å²) in [4.78, 5) is 11.2. The van der Waals surface area contributed by atoms with Crippen molar-refractivity contribution in [1.29, 1.82) is 5.26 Å². The molecular formula is C10H19N3O. The largest absolute Gasteiger partial charge is 0.356 e. The molecule has 1 unspecified atom stereocenters. The van der Waals surface area contributed by atoms with Gasteiger partial charge >= 0.3 is 0 Å². The first-order valence-corrected chi connectivity index (χ1v) is 5.14. The van der Waals surface area contributed by atoms with Crippen molar-refractivity contribution in [2.75, 3.05) is 13.1 Å². The molecule has 2 N–H and O–H groups in total. The molecule has 4 heteroatoms. The van der Waals surface area contributed by atoms with Gasteiger partial charge in [-0.1, -0.05) is 13.8 Å². The van der Waals surface area contributed by atoms with Crippen LogP contribution in [-0.2, 0) is 4.79 Å². The minimum Gasteiger partial charge on any atom is -0.356 e. The second-order valence-electron chi connectivity index (χ2n) is 3.19. The Kier molecular flexibility index (Phi) is 7.86. The van der Waals surface area contributed by atoms with Crippen molar-refractivity contribution in [2.24, 2.45) is 0 Å². The van der Waals surface area contributed by atoms with Crippen molar-refractivity contribution >= 4 is 5.91 Å². The van der Waals surface area contributed by atoms with E-state index in [1.807, 2.05) is 13.8 Å². The maximum Gasteiger partial charge on any atom is 0.222 e. The van der Waals surface area contributed by atoms with E-state index in [0.717, 1.165) is 19.4 Å². The first-order chi connectivity index (χ1) is 6.74. The van der Waals surface area contributed by atoms with Crippen LogP contribution < -0.4 is 10.6 Å². The Hall–Kier alpha value is -1.08. The summed E-state index contributed by atoms with van der Waals surface area (Å²) in [5.74, 6) is -0.0537. The molecule has 4 nitrogen and oxygen atoms in total. The fourth-order valence-electron chi connectivity index (χ4n) is 1.00. The second kappa shape index (κ2) is 8.52. The Morgan fingerprint density at radius 1 is 1.36 bits per heavy atom. The summed E-state index contributed by atoms with van der Waals surface area (Å²) in [6.07, 6.45) is 2.14. The zero-order chi connectivity index (χ0) is 10.8. The molecule has 0 aromatic rings.